The summed E-state index contributed by atoms with van der Waals surface area (Å²) in [6, 6.07) is -0.636. The molecule has 1 aromatic heterocycles. The standard InChI is InChI=1S/C6H8N4O/c1-4-2-9-5(3-8-4)10-6(7)11/h2-3H,1H3,(H3,7,9,10,11). The summed E-state index contributed by atoms with van der Waals surface area (Å²) in [6.45, 7) is 1.81. The molecule has 0 saturated carbocycles. The molecule has 1 aromatic rings. The fourth-order valence-corrected chi connectivity index (χ4v) is 0.583. The van der Waals surface area contributed by atoms with Crippen LogP contribution >= 0.6 is 0 Å². The Morgan fingerprint density at radius 3 is 2.73 bits per heavy atom. The number of nitrogens with zero attached hydrogens (tertiary/aromatic N) is 2. The Kier molecular flexibility index (Phi) is 2.00. The van der Waals surface area contributed by atoms with Crippen molar-refractivity contribution < 1.29 is 4.79 Å². The van der Waals surface area contributed by atoms with Gasteiger partial charge in [-0.05, 0) is 6.92 Å². The second kappa shape index (κ2) is 2.96. The van der Waals surface area contributed by atoms with E-state index in [1.807, 2.05) is 0 Å². The molecule has 0 aromatic carbocycles. The minimum atomic E-state index is -0.636. The van der Waals surface area contributed by atoms with Crippen molar-refractivity contribution >= 4 is 11.8 Å². The van der Waals surface area contributed by atoms with Crippen LogP contribution in [0.2, 0.25) is 0 Å². The smallest absolute Gasteiger partial charge is 0.317 e. The monoisotopic (exact) mass is 152 g/mol. The number of nitrogens with one attached hydrogen (secondary N) is 1. The van der Waals surface area contributed by atoms with E-state index in [-0.39, 0.29) is 0 Å². The number of hydrogen-bond donors (Lipinski definition) is 2. The zero-order valence-electron chi connectivity index (χ0n) is 6.03. The first-order chi connectivity index (χ1) is 5.18. The van der Waals surface area contributed by atoms with Gasteiger partial charge in [0.15, 0.2) is 5.82 Å². The number of carbonyl (C=O) groups excluding carboxylic acids is 1. The Balaban J connectivity index is 2.74. The first-order valence-corrected chi connectivity index (χ1v) is 3.03. The van der Waals surface area contributed by atoms with Gasteiger partial charge in [0.25, 0.3) is 0 Å². The molecule has 1 heterocycles. The molecule has 58 valence electrons. The summed E-state index contributed by atoms with van der Waals surface area (Å²) in [6.07, 6.45) is 2.99. The minimum Gasteiger partial charge on any atom is -0.351 e. The summed E-state index contributed by atoms with van der Waals surface area (Å²) in [5.41, 5.74) is 5.64. The lowest BCUT2D eigenvalue weighted by atomic mass is 10.5. The van der Waals surface area contributed by atoms with Crippen molar-refractivity contribution in [2.75, 3.05) is 5.32 Å². The molecule has 0 radical (unpaired) electrons. The molecule has 0 spiro atoms. The van der Waals surface area contributed by atoms with E-state index in [9.17, 15) is 4.79 Å². The van der Waals surface area contributed by atoms with Gasteiger partial charge in [-0.15, -0.1) is 0 Å². The quantitative estimate of drug-likeness (QED) is 0.606. The first kappa shape index (κ1) is 7.46. The number of amides is 2. The van der Waals surface area contributed by atoms with Crippen LogP contribution in [0.15, 0.2) is 12.4 Å². The maximum atomic E-state index is 10.3. The van der Waals surface area contributed by atoms with Crippen LogP contribution in [-0.2, 0) is 0 Å². The molecule has 0 unspecified atom stereocenters. The number of nitrogens with two attached hydrogens (primary N) is 1. The van der Waals surface area contributed by atoms with Gasteiger partial charge in [0.1, 0.15) is 0 Å². The molecule has 0 atom stereocenters. The molecular formula is C6H8N4O. The Morgan fingerprint density at radius 2 is 2.27 bits per heavy atom. The van der Waals surface area contributed by atoms with Gasteiger partial charge in [-0.3, -0.25) is 10.3 Å². The van der Waals surface area contributed by atoms with Gasteiger partial charge < -0.3 is 5.73 Å². The van der Waals surface area contributed by atoms with E-state index in [0.717, 1.165) is 5.69 Å². The van der Waals surface area contributed by atoms with Gasteiger partial charge in [-0.25, -0.2) is 9.78 Å². The van der Waals surface area contributed by atoms with Gasteiger partial charge in [-0.2, -0.15) is 0 Å². The number of primary amides is 1. The summed E-state index contributed by atoms with van der Waals surface area (Å²) in [5, 5.41) is 2.30. The Hall–Kier alpha value is -1.65. The van der Waals surface area contributed by atoms with E-state index < -0.39 is 6.03 Å². The predicted octanol–water partition coefficient (Wildman–Crippen LogP) is 0.276. The molecular weight excluding hydrogens is 144 g/mol. The van der Waals surface area contributed by atoms with Crippen LogP contribution in [0, 0.1) is 6.92 Å². The maximum Gasteiger partial charge on any atom is 0.317 e. The van der Waals surface area contributed by atoms with Crippen LogP contribution in [0.4, 0.5) is 10.6 Å². The lowest BCUT2D eigenvalue weighted by Crippen LogP contribution is -2.20. The zero-order chi connectivity index (χ0) is 8.27. The Labute approximate surface area is 63.7 Å². The molecule has 0 aliphatic carbocycles. The zero-order valence-corrected chi connectivity index (χ0v) is 6.03. The largest absolute Gasteiger partial charge is 0.351 e. The highest BCUT2D eigenvalue weighted by Crippen LogP contribution is 1.98. The van der Waals surface area contributed by atoms with Gasteiger partial charge in [0, 0.05) is 0 Å². The van der Waals surface area contributed by atoms with Crippen molar-refractivity contribution in [2.45, 2.75) is 6.92 Å². The number of urea groups is 1. The molecule has 11 heavy (non-hydrogen) atoms. The molecule has 0 bridgehead atoms. The number of rotatable bonds is 1. The van der Waals surface area contributed by atoms with Gasteiger partial charge in [-0.1, -0.05) is 0 Å². The van der Waals surface area contributed by atoms with E-state index in [0.29, 0.717) is 5.82 Å². The number of aromatic nitrogens is 2. The van der Waals surface area contributed by atoms with E-state index in [4.69, 9.17) is 5.73 Å². The second-order valence-electron chi connectivity index (χ2n) is 2.03. The number of carbonyl (C=O) groups is 1. The second-order valence-corrected chi connectivity index (χ2v) is 2.03. The number of hydrogen-bond acceptors (Lipinski definition) is 3. The summed E-state index contributed by atoms with van der Waals surface area (Å²) in [5.74, 6) is 0.364. The van der Waals surface area contributed by atoms with E-state index in [1.54, 1.807) is 13.1 Å². The first-order valence-electron chi connectivity index (χ1n) is 3.03. The topological polar surface area (TPSA) is 80.9 Å². The maximum absolute atomic E-state index is 10.3. The van der Waals surface area contributed by atoms with Crippen molar-refractivity contribution in [3.63, 3.8) is 0 Å². The molecule has 5 nitrogen and oxygen atoms in total. The molecule has 0 saturated heterocycles. The average molecular weight is 152 g/mol. The third kappa shape index (κ3) is 2.21. The lowest BCUT2D eigenvalue weighted by Gasteiger charge is -1.98. The SMILES string of the molecule is Cc1cnc(NC(N)=O)cn1. The predicted molar refractivity (Wildman–Crippen MR) is 40.0 cm³/mol. The van der Waals surface area contributed by atoms with Crippen LogP contribution < -0.4 is 11.1 Å². The van der Waals surface area contributed by atoms with Crippen LogP contribution in [0.1, 0.15) is 5.69 Å². The highest BCUT2D eigenvalue weighted by molar-refractivity contribution is 5.86. The van der Waals surface area contributed by atoms with Gasteiger partial charge in [0.05, 0.1) is 18.1 Å². The highest BCUT2D eigenvalue weighted by atomic mass is 16.2. The van der Waals surface area contributed by atoms with Crippen molar-refractivity contribution in [3.05, 3.63) is 18.1 Å². The van der Waals surface area contributed by atoms with Crippen molar-refractivity contribution in [1.29, 1.82) is 0 Å². The van der Waals surface area contributed by atoms with Gasteiger partial charge in [0.2, 0.25) is 0 Å². The van der Waals surface area contributed by atoms with E-state index >= 15 is 0 Å². The Bertz CT molecular complexity index is 256. The molecule has 5 heteroatoms. The van der Waals surface area contributed by atoms with Crippen LogP contribution in [0.3, 0.4) is 0 Å². The van der Waals surface area contributed by atoms with E-state index in [1.165, 1.54) is 6.20 Å². The fourth-order valence-electron chi connectivity index (χ4n) is 0.583. The van der Waals surface area contributed by atoms with Crippen LogP contribution in [-0.4, -0.2) is 16.0 Å². The lowest BCUT2D eigenvalue weighted by molar-refractivity contribution is 0.259. The number of anilines is 1. The van der Waals surface area contributed by atoms with Crippen molar-refractivity contribution in [2.24, 2.45) is 5.73 Å². The summed E-state index contributed by atoms with van der Waals surface area (Å²) in [4.78, 5) is 18.0. The number of aryl methyl sites for hydroxylation is 1. The third-order valence-electron chi connectivity index (χ3n) is 1.03. The van der Waals surface area contributed by atoms with Crippen molar-refractivity contribution in [1.82, 2.24) is 9.97 Å². The molecule has 3 N–H and O–H groups in total. The summed E-state index contributed by atoms with van der Waals surface area (Å²) >= 11 is 0. The molecule has 1 rings (SSSR count). The Morgan fingerprint density at radius 1 is 1.55 bits per heavy atom. The average Bonchev–Trinajstić information content (AvgIpc) is 1.93. The summed E-state index contributed by atoms with van der Waals surface area (Å²) in [7, 11) is 0. The van der Waals surface area contributed by atoms with Crippen molar-refractivity contribution in [3.8, 4) is 0 Å². The van der Waals surface area contributed by atoms with E-state index in [2.05, 4.69) is 15.3 Å². The highest BCUT2D eigenvalue weighted by Gasteiger charge is 1.95. The normalized spacial score (nSPS) is 9.18. The third-order valence-corrected chi connectivity index (χ3v) is 1.03. The molecule has 0 aliphatic rings. The minimum absolute atomic E-state index is 0.364. The molecule has 2 amide bonds. The van der Waals surface area contributed by atoms with Crippen LogP contribution in [0.25, 0.3) is 0 Å². The fraction of sp³-hybridized carbons (Fsp3) is 0.167. The van der Waals surface area contributed by atoms with Gasteiger partial charge >= 0.3 is 6.03 Å². The van der Waals surface area contributed by atoms with Crippen LogP contribution in [0.5, 0.6) is 0 Å². The molecule has 0 aliphatic heterocycles. The molecule has 0 fully saturated rings. The summed E-state index contributed by atoms with van der Waals surface area (Å²) < 4.78 is 0.